The number of fused-ring (bicyclic) bond motifs is 2. The fourth-order valence-corrected chi connectivity index (χ4v) is 4.20. The van der Waals surface area contributed by atoms with Gasteiger partial charge < -0.3 is 19.9 Å². The molecule has 1 atom stereocenters. The van der Waals surface area contributed by atoms with Crippen LogP contribution < -0.4 is 20.3 Å². The molecule has 0 aliphatic carbocycles. The molecule has 31 heavy (non-hydrogen) atoms. The summed E-state index contributed by atoms with van der Waals surface area (Å²) in [4.78, 5) is 30.0. The Balaban J connectivity index is 1.46. The molecule has 0 spiro atoms. The zero-order valence-corrected chi connectivity index (χ0v) is 17.9. The monoisotopic (exact) mass is 441 g/mol. The third-order valence-corrected chi connectivity index (χ3v) is 5.95. The largest absolute Gasteiger partial charge is 0.454 e. The molecule has 2 N–H and O–H groups in total. The summed E-state index contributed by atoms with van der Waals surface area (Å²) in [5.41, 5.74) is 1.33. The van der Waals surface area contributed by atoms with Crippen molar-refractivity contribution in [1.29, 1.82) is 0 Å². The highest BCUT2D eigenvalue weighted by molar-refractivity contribution is 7.99. The van der Waals surface area contributed by atoms with Crippen molar-refractivity contribution in [2.75, 3.05) is 19.2 Å². The summed E-state index contributed by atoms with van der Waals surface area (Å²) >= 11 is 1.21. The number of nitrogens with zero attached hydrogens (tertiary/aromatic N) is 2. The first-order valence-electron chi connectivity index (χ1n) is 9.99. The number of hydrogen-bond acceptors (Lipinski definition) is 7. The van der Waals surface area contributed by atoms with Crippen LogP contribution >= 0.6 is 11.8 Å². The lowest BCUT2D eigenvalue weighted by molar-refractivity contribution is -0.119. The third-order valence-electron chi connectivity index (χ3n) is 4.97. The van der Waals surface area contributed by atoms with Crippen LogP contribution in [0, 0.1) is 0 Å². The molecule has 0 radical (unpaired) electrons. The average Bonchev–Trinajstić information content (AvgIpc) is 3.25. The molecule has 0 fully saturated rings. The van der Waals surface area contributed by atoms with Crippen LogP contribution in [0.2, 0.25) is 0 Å². The van der Waals surface area contributed by atoms with E-state index in [1.807, 2.05) is 31.2 Å². The quantitative estimate of drug-likeness (QED) is 0.409. The predicted octanol–water partition coefficient (Wildman–Crippen LogP) is 2.48. The summed E-state index contributed by atoms with van der Waals surface area (Å²) in [6.07, 6.45) is 0.431. The van der Waals surface area contributed by atoms with Gasteiger partial charge >= 0.3 is 0 Å². The Kier molecular flexibility index (Phi) is 6.43. The smallest absolute Gasteiger partial charge is 0.262 e. The number of carbonyl (C=O) groups is 1. The summed E-state index contributed by atoms with van der Waals surface area (Å²) in [7, 11) is 0. The third kappa shape index (κ3) is 4.67. The van der Waals surface area contributed by atoms with Gasteiger partial charge in [0.1, 0.15) is 0 Å². The Labute approximate surface area is 183 Å². The highest BCUT2D eigenvalue weighted by Gasteiger charge is 2.18. The number of carbonyl (C=O) groups excluding carboxylic acids is 1. The maximum Gasteiger partial charge on any atom is 0.262 e. The van der Waals surface area contributed by atoms with E-state index in [4.69, 9.17) is 9.47 Å². The Bertz CT molecular complexity index is 1160. The van der Waals surface area contributed by atoms with Crippen molar-refractivity contribution in [3.05, 3.63) is 58.4 Å². The van der Waals surface area contributed by atoms with Gasteiger partial charge in [-0.15, -0.1) is 0 Å². The molecule has 1 aliphatic heterocycles. The van der Waals surface area contributed by atoms with Crippen LogP contribution in [0.5, 0.6) is 11.5 Å². The van der Waals surface area contributed by atoms with Gasteiger partial charge in [-0.3, -0.25) is 14.2 Å². The van der Waals surface area contributed by atoms with E-state index in [1.165, 1.54) is 16.3 Å². The minimum Gasteiger partial charge on any atom is -0.454 e. The van der Waals surface area contributed by atoms with Crippen molar-refractivity contribution in [2.24, 2.45) is 0 Å². The second-order valence-corrected chi connectivity index (χ2v) is 8.08. The van der Waals surface area contributed by atoms with Gasteiger partial charge in [-0.05, 0) is 43.2 Å². The van der Waals surface area contributed by atoms with Gasteiger partial charge in [0.05, 0.1) is 22.7 Å². The Morgan fingerprint density at radius 1 is 1.26 bits per heavy atom. The number of rotatable bonds is 8. The van der Waals surface area contributed by atoms with Gasteiger partial charge in [0.2, 0.25) is 12.7 Å². The summed E-state index contributed by atoms with van der Waals surface area (Å²) < 4.78 is 12.2. The maximum atomic E-state index is 12.9. The normalized spacial score (nSPS) is 13.4. The minimum absolute atomic E-state index is 0.0308. The molecule has 0 saturated heterocycles. The van der Waals surface area contributed by atoms with E-state index in [9.17, 15) is 14.7 Å². The Morgan fingerprint density at radius 2 is 2.06 bits per heavy atom. The van der Waals surface area contributed by atoms with E-state index in [2.05, 4.69) is 10.3 Å². The van der Waals surface area contributed by atoms with Crippen molar-refractivity contribution in [2.45, 2.75) is 31.1 Å². The Hall–Kier alpha value is -3.04. The topological polar surface area (TPSA) is 103 Å². The van der Waals surface area contributed by atoms with Crippen molar-refractivity contribution >= 4 is 28.6 Å². The van der Waals surface area contributed by atoms with Gasteiger partial charge in [-0.1, -0.05) is 30.0 Å². The predicted molar refractivity (Wildman–Crippen MR) is 118 cm³/mol. The van der Waals surface area contributed by atoms with E-state index in [0.29, 0.717) is 40.5 Å². The number of aliphatic hydroxyl groups excluding tert-OH is 1. The molecule has 0 unspecified atom stereocenters. The molecule has 0 bridgehead atoms. The summed E-state index contributed by atoms with van der Waals surface area (Å²) in [6, 6.07) is 12.5. The number of para-hydroxylation sites is 1. The van der Waals surface area contributed by atoms with Crippen molar-refractivity contribution in [1.82, 2.24) is 14.9 Å². The fraction of sp³-hybridized carbons (Fsp3) is 0.318. The molecule has 3 aromatic rings. The number of aliphatic hydroxyl groups is 1. The second-order valence-electron chi connectivity index (χ2n) is 7.14. The molecule has 8 nitrogen and oxygen atoms in total. The zero-order chi connectivity index (χ0) is 21.8. The van der Waals surface area contributed by atoms with E-state index in [-0.39, 0.29) is 36.7 Å². The van der Waals surface area contributed by atoms with Crippen molar-refractivity contribution < 1.29 is 19.4 Å². The standard InChI is InChI=1S/C22H23N3O5S/c1-14(15-7-8-18-19(11-15)30-13-29-18)23-20(27)12-31-22-24-17-6-3-2-5-16(17)21(28)25(22)9-4-10-26/h2-3,5-8,11,14,26H,4,9-10,12-13H2,1H3,(H,23,27)/t14-/m1/s1. The number of thioether (sulfide) groups is 1. The fourth-order valence-electron chi connectivity index (χ4n) is 3.36. The van der Waals surface area contributed by atoms with E-state index >= 15 is 0 Å². The number of amides is 1. The lowest BCUT2D eigenvalue weighted by atomic mass is 10.1. The minimum atomic E-state index is -0.219. The van der Waals surface area contributed by atoms with Gasteiger partial charge in [-0.25, -0.2) is 4.98 Å². The van der Waals surface area contributed by atoms with Gasteiger partial charge in [0, 0.05) is 13.2 Å². The molecule has 9 heteroatoms. The first kappa shape index (κ1) is 21.2. The van der Waals surface area contributed by atoms with E-state index < -0.39 is 0 Å². The molecule has 1 aromatic heterocycles. The average molecular weight is 442 g/mol. The molecule has 0 saturated carbocycles. The van der Waals surface area contributed by atoms with Crippen LogP contribution in [0.15, 0.2) is 52.4 Å². The van der Waals surface area contributed by atoms with Gasteiger partial charge in [0.25, 0.3) is 5.56 Å². The molecular formula is C22H23N3O5S. The molecule has 2 heterocycles. The number of nitrogens with one attached hydrogen (secondary N) is 1. The van der Waals surface area contributed by atoms with Crippen LogP contribution in [0.4, 0.5) is 0 Å². The van der Waals surface area contributed by atoms with Crippen molar-refractivity contribution in [3.63, 3.8) is 0 Å². The molecule has 1 aliphatic rings. The van der Waals surface area contributed by atoms with Crippen molar-refractivity contribution in [3.8, 4) is 11.5 Å². The maximum absolute atomic E-state index is 12.9. The van der Waals surface area contributed by atoms with Crippen LogP contribution in [-0.2, 0) is 11.3 Å². The molecule has 1 amide bonds. The van der Waals surface area contributed by atoms with Crippen LogP contribution in [0.25, 0.3) is 10.9 Å². The van der Waals surface area contributed by atoms with Crippen LogP contribution in [0.3, 0.4) is 0 Å². The lowest BCUT2D eigenvalue weighted by Crippen LogP contribution is -2.29. The highest BCUT2D eigenvalue weighted by Crippen LogP contribution is 2.34. The summed E-state index contributed by atoms with van der Waals surface area (Å²) in [5.74, 6) is 1.30. The molecular weight excluding hydrogens is 418 g/mol. The summed E-state index contributed by atoms with van der Waals surface area (Å²) in [6.45, 7) is 2.40. The van der Waals surface area contributed by atoms with Gasteiger partial charge in [-0.2, -0.15) is 0 Å². The van der Waals surface area contributed by atoms with Gasteiger partial charge in [0.15, 0.2) is 16.7 Å². The number of hydrogen-bond donors (Lipinski definition) is 2. The lowest BCUT2D eigenvalue weighted by Gasteiger charge is -2.16. The summed E-state index contributed by atoms with van der Waals surface area (Å²) in [5, 5.41) is 13.1. The number of aromatic nitrogens is 2. The number of benzene rings is 2. The Morgan fingerprint density at radius 3 is 2.90 bits per heavy atom. The molecule has 4 rings (SSSR count). The highest BCUT2D eigenvalue weighted by atomic mass is 32.2. The first-order chi connectivity index (χ1) is 15.1. The van der Waals surface area contributed by atoms with Crippen LogP contribution in [0.1, 0.15) is 24.9 Å². The second kappa shape index (κ2) is 9.40. The molecule has 162 valence electrons. The first-order valence-corrected chi connectivity index (χ1v) is 11.0. The van der Waals surface area contributed by atoms with E-state index in [0.717, 1.165) is 5.56 Å². The van der Waals surface area contributed by atoms with Crippen LogP contribution in [-0.4, -0.2) is 39.7 Å². The zero-order valence-electron chi connectivity index (χ0n) is 17.0. The number of ether oxygens (including phenoxy) is 2. The molecule has 2 aromatic carbocycles. The van der Waals surface area contributed by atoms with E-state index in [1.54, 1.807) is 18.2 Å². The SMILES string of the molecule is C[C@@H](NC(=O)CSc1nc2ccccc2c(=O)n1CCCO)c1ccc2c(c1)OCO2.